The Balaban J connectivity index is 1.58. The molecule has 1 aliphatic rings. The topological polar surface area (TPSA) is 90.7 Å². The van der Waals surface area contributed by atoms with Crippen LogP contribution in [0.25, 0.3) is 0 Å². The van der Waals surface area contributed by atoms with Gasteiger partial charge >= 0.3 is 0 Å². The number of carbonyl (C=O) groups is 1. The highest BCUT2D eigenvalue weighted by atomic mass is 35.5. The van der Waals surface area contributed by atoms with Gasteiger partial charge in [-0.3, -0.25) is 4.79 Å². The van der Waals surface area contributed by atoms with Crippen molar-refractivity contribution in [3.8, 4) is 17.6 Å². The molecule has 1 fully saturated rings. The number of nitrogens with zero attached hydrogens (tertiary/aromatic N) is 3. The summed E-state index contributed by atoms with van der Waals surface area (Å²) >= 11 is 12.1. The van der Waals surface area contributed by atoms with E-state index >= 15 is 0 Å². The summed E-state index contributed by atoms with van der Waals surface area (Å²) in [7, 11) is -4.03. The van der Waals surface area contributed by atoms with Crippen molar-refractivity contribution in [1.82, 2.24) is 9.21 Å². The average molecular weight is 516 g/mol. The molecule has 3 aromatic carbocycles. The molecule has 0 unspecified atom stereocenters. The second-order valence-electron chi connectivity index (χ2n) is 7.54. The van der Waals surface area contributed by atoms with E-state index in [9.17, 15) is 18.5 Å². The van der Waals surface area contributed by atoms with E-state index in [-0.39, 0.29) is 54.0 Å². The predicted molar refractivity (Wildman–Crippen MR) is 129 cm³/mol. The lowest BCUT2D eigenvalue weighted by Crippen LogP contribution is -2.50. The molecule has 0 saturated carbocycles. The van der Waals surface area contributed by atoms with E-state index in [0.29, 0.717) is 15.6 Å². The lowest BCUT2D eigenvalue weighted by molar-refractivity contribution is 0.0698. The molecule has 0 aromatic heterocycles. The molecule has 0 bridgehead atoms. The number of sulfonamides is 1. The Morgan fingerprint density at radius 2 is 1.56 bits per heavy atom. The van der Waals surface area contributed by atoms with Crippen LogP contribution in [-0.2, 0) is 10.0 Å². The molecule has 1 heterocycles. The maximum Gasteiger partial charge on any atom is 0.253 e. The average Bonchev–Trinajstić information content (AvgIpc) is 2.83. The number of piperazine rings is 1. The smallest absolute Gasteiger partial charge is 0.253 e. The number of carbonyl (C=O) groups excluding carboxylic acids is 1. The fourth-order valence-corrected chi connectivity index (χ4v) is 5.68. The third-order valence-corrected chi connectivity index (χ3v) is 7.66. The molecule has 1 aliphatic heterocycles. The quantitative estimate of drug-likeness (QED) is 0.486. The van der Waals surface area contributed by atoms with Gasteiger partial charge in [0.1, 0.15) is 16.4 Å². The van der Waals surface area contributed by atoms with Gasteiger partial charge in [-0.2, -0.15) is 9.57 Å². The van der Waals surface area contributed by atoms with Crippen molar-refractivity contribution < 1.29 is 17.9 Å². The van der Waals surface area contributed by atoms with E-state index in [2.05, 4.69) is 0 Å². The molecule has 0 atom stereocenters. The van der Waals surface area contributed by atoms with Crippen LogP contribution in [0.1, 0.15) is 15.9 Å². The number of benzene rings is 3. The van der Waals surface area contributed by atoms with E-state index < -0.39 is 10.0 Å². The summed E-state index contributed by atoms with van der Waals surface area (Å²) in [6.45, 7) is 0.705. The molecular formula is C24H19Cl2N3O4S. The van der Waals surface area contributed by atoms with Gasteiger partial charge in [-0.1, -0.05) is 41.4 Å². The molecule has 0 aliphatic carbocycles. The number of halogens is 2. The van der Waals surface area contributed by atoms with Crippen LogP contribution >= 0.6 is 23.2 Å². The molecule has 1 amide bonds. The molecule has 1 saturated heterocycles. The molecular weight excluding hydrogens is 497 g/mol. The first-order valence-electron chi connectivity index (χ1n) is 10.3. The van der Waals surface area contributed by atoms with Crippen molar-refractivity contribution in [2.24, 2.45) is 0 Å². The molecule has 4 rings (SSSR count). The van der Waals surface area contributed by atoms with Crippen LogP contribution in [0.4, 0.5) is 0 Å². The molecule has 10 heteroatoms. The third kappa shape index (κ3) is 5.18. The van der Waals surface area contributed by atoms with Crippen LogP contribution in [0.3, 0.4) is 0 Å². The summed E-state index contributed by atoms with van der Waals surface area (Å²) in [6.07, 6.45) is 0. The van der Waals surface area contributed by atoms with Crippen LogP contribution in [0.2, 0.25) is 10.0 Å². The largest absolute Gasteiger partial charge is 0.456 e. The van der Waals surface area contributed by atoms with Crippen LogP contribution in [0, 0.1) is 11.3 Å². The van der Waals surface area contributed by atoms with Crippen molar-refractivity contribution >= 4 is 39.1 Å². The van der Waals surface area contributed by atoms with Gasteiger partial charge in [0.05, 0.1) is 11.6 Å². The van der Waals surface area contributed by atoms with Crippen molar-refractivity contribution in [3.63, 3.8) is 0 Å². The first kappa shape index (κ1) is 24.0. The van der Waals surface area contributed by atoms with Gasteiger partial charge in [0.15, 0.2) is 0 Å². The van der Waals surface area contributed by atoms with E-state index in [1.165, 1.54) is 40.7 Å². The predicted octanol–water partition coefficient (Wildman–Crippen LogP) is 4.80. The molecule has 3 aromatic rings. The molecule has 7 nitrogen and oxygen atoms in total. The SMILES string of the molecule is N#Cc1ccc(Oc2cc(Cl)cc(Cl)c2)c(S(=O)(=O)N2CCN(C(=O)c3ccccc3)CC2)c1. The molecule has 0 radical (unpaired) electrons. The Morgan fingerprint density at radius 3 is 2.18 bits per heavy atom. The van der Waals surface area contributed by atoms with Gasteiger partial charge in [-0.15, -0.1) is 0 Å². The van der Waals surface area contributed by atoms with Crippen LogP contribution in [0.15, 0.2) is 71.6 Å². The molecule has 34 heavy (non-hydrogen) atoms. The Labute approximate surface area is 207 Å². The van der Waals surface area contributed by atoms with Crippen LogP contribution in [0.5, 0.6) is 11.5 Å². The summed E-state index contributed by atoms with van der Waals surface area (Å²) < 4.78 is 34.2. The van der Waals surface area contributed by atoms with Crippen molar-refractivity contribution in [1.29, 1.82) is 5.26 Å². The fourth-order valence-electron chi connectivity index (χ4n) is 3.61. The second-order valence-corrected chi connectivity index (χ2v) is 10.3. The number of hydrogen-bond acceptors (Lipinski definition) is 5. The number of amides is 1. The summed E-state index contributed by atoms with van der Waals surface area (Å²) in [5, 5.41) is 9.98. The van der Waals surface area contributed by atoms with Crippen molar-refractivity contribution in [2.75, 3.05) is 26.2 Å². The summed E-state index contributed by atoms with van der Waals surface area (Å²) in [4.78, 5) is 14.2. The summed E-state index contributed by atoms with van der Waals surface area (Å²) in [6, 6.07) is 19.5. The van der Waals surface area contributed by atoms with E-state index in [1.54, 1.807) is 29.2 Å². The maximum absolute atomic E-state index is 13.5. The number of nitriles is 1. The highest BCUT2D eigenvalue weighted by Crippen LogP contribution is 2.34. The first-order valence-corrected chi connectivity index (χ1v) is 12.5. The van der Waals surface area contributed by atoms with E-state index in [1.807, 2.05) is 12.1 Å². The fraction of sp³-hybridized carbons (Fsp3) is 0.167. The number of rotatable bonds is 5. The lowest BCUT2D eigenvalue weighted by Gasteiger charge is -2.34. The van der Waals surface area contributed by atoms with Crippen molar-refractivity contribution in [3.05, 3.63) is 87.9 Å². The van der Waals surface area contributed by atoms with Gasteiger partial charge in [-0.05, 0) is 48.5 Å². The highest BCUT2D eigenvalue weighted by molar-refractivity contribution is 7.89. The van der Waals surface area contributed by atoms with Gasteiger partial charge in [-0.25, -0.2) is 8.42 Å². The Morgan fingerprint density at radius 1 is 0.912 bits per heavy atom. The Kier molecular flexibility index (Phi) is 7.10. The molecule has 0 N–H and O–H groups in total. The van der Waals surface area contributed by atoms with Gasteiger partial charge in [0.2, 0.25) is 10.0 Å². The minimum absolute atomic E-state index is 0.0418. The zero-order valence-corrected chi connectivity index (χ0v) is 20.1. The summed E-state index contributed by atoms with van der Waals surface area (Å²) in [5.74, 6) is 0.156. The monoisotopic (exact) mass is 515 g/mol. The van der Waals surface area contributed by atoms with Crippen LogP contribution < -0.4 is 4.74 Å². The maximum atomic E-state index is 13.5. The van der Waals surface area contributed by atoms with E-state index in [0.717, 1.165) is 0 Å². The minimum atomic E-state index is -4.03. The highest BCUT2D eigenvalue weighted by Gasteiger charge is 2.33. The van der Waals surface area contributed by atoms with Crippen LogP contribution in [-0.4, -0.2) is 49.7 Å². The third-order valence-electron chi connectivity index (χ3n) is 5.30. The van der Waals surface area contributed by atoms with Crippen molar-refractivity contribution in [2.45, 2.75) is 4.90 Å². The zero-order valence-electron chi connectivity index (χ0n) is 17.8. The standard InChI is InChI=1S/C24H19Cl2N3O4S/c25-19-13-20(26)15-21(14-19)33-22-7-6-17(16-27)12-23(22)34(31,32)29-10-8-28(9-11-29)24(30)18-4-2-1-3-5-18/h1-7,12-15H,8-11H2. The molecule has 174 valence electrons. The summed E-state index contributed by atoms with van der Waals surface area (Å²) in [5.41, 5.74) is 0.726. The van der Waals surface area contributed by atoms with E-state index in [4.69, 9.17) is 27.9 Å². The Hall–Kier alpha value is -3.09. The Bertz CT molecular complexity index is 1350. The molecule has 0 spiro atoms. The van der Waals surface area contributed by atoms with Gasteiger partial charge in [0.25, 0.3) is 5.91 Å². The zero-order chi connectivity index (χ0) is 24.3. The second kappa shape index (κ2) is 10.0. The number of hydrogen-bond donors (Lipinski definition) is 0. The normalized spacial score (nSPS) is 14.4. The first-order chi connectivity index (χ1) is 16.3. The number of ether oxygens (including phenoxy) is 1. The minimum Gasteiger partial charge on any atom is -0.456 e. The lowest BCUT2D eigenvalue weighted by atomic mass is 10.2. The van der Waals surface area contributed by atoms with Gasteiger partial charge < -0.3 is 9.64 Å². The van der Waals surface area contributed by atoms with Gasteiger partial charge in [0, 0.05) is 41.8 Å².